The Balaban J connectivity index is 1.27. The van der Waals surface area contributed by atoms with Crippen LogP contribution in [-0.2, 0) is 20.8 Å². The highest BCUT2D eigenvalue weighted by atomic mass is 32.1. The minimum atomic E-state index is -0.140. The molecule has 0 bridgehead atoms. The first-order chi connectivity index (χ1) is 14.1. The lowest BCUT2D eigenvalue weighted by atomic mass is 10.1. The van der Waals surface area contributed by atoms with Gasteiger partial charge in [0.25, 0.3) is 0 Å². The molecule has 1 aromatic heterocycles. The average Bonchev–Trinajstić information content (AvgIpc) is 3.26. The van der Waals surface area contributed by atoms with Crippen LogP contribution in [0.1, 0.15) is 36.3 Å². The van der Waals surface area contributed by atoms with Crippen LogP contribution in [0.3, 0.4) is 0 Å². The first kappa shape index (κ1) is 19.3. The first-order valence-electron chi connectivity index (χ1n) is 9.65. The number of fused-ring (bicyclic) bond motifs is 1. The third-order valence-corrected chi connectivity index (χ3v) is 5.91. The second-order valence-corrected chi connectivity index (χ2v) is 8.16. The first-order valence-corrected chi connectivity index (χ1v) is 10.5. The van der Waals surface area contributed by atoms with E-state index in [1.807, 2.05) is 42.5 Å². The van der Waals surface area contributed by atoms with E-state index in [0.717, 1.165) is 28.2 Å². The lowest BCUT2D eigenvalue weighted by Gasteiger charge is -2.13. The molecule has 1 aliphatic heterocycles. The van der Waals surface area contributed by atoms with Crippen molar-refractivity contribution in [1.82, 2.24) is 9.88 Å². The van der Waals surface area contributed by atoms with E-state index in [-0.39, 0.29) is 37.0 Å². The number of amides is 3. The number of anilines is 1. The molecule has 0 saturated carbocycles. The Morgan fingerprint density at radius 1 is 1.03 bits per heavy atom. The van der Waals surface area contributed by atoms with E-state index in [2.05, 4.69) is 16.4 Å². The average molecular weight is 407 g/mol. The Labute approximate surface area is 172 Å². The van der Waals surface area contributed by atoms with Gasteiger partial charge in [-0.15, -0.1) is 11.3 Å². The maximum atomic E-state index is 12.1. The summed E-state index contributed by atoms with van der Waals surface area (Å²) in [5.74, 6) is -0.402. The number of aromatic nitrogens is 1. The summed E-state index contributed by atoms with van der Waals surface area (Å²) in [6.45, 7) is 0.312. The fourth-order valence-electron chi connectivity index (χ4n) is 3.37. The normalized spacial score (nSPS) is 14.0. The van der Waals surface area contributed by atoms with E-state index in [1.165, 1.54) is 9.60 Å². The van der Waals surface area contributed by atoms with E-state index in [0.29, 0.717) is 13.0 Å². The predicted molar refractivity (Wildman–Crippen MR) is 113 cm³/mol. The Morgan fingerprint density at radius 2 is 1.76 bits per heavy atom. The van der Waals surface area contributed by atoms with Crippen LogP contribution in [0.25, 0.3) is 10.2 Å². The van der Waals surface area contributed by atoms with Crippen molar-refractivity contribution in [3.05, 3.63) is 59.1 Å². The van der Waals surface area contributed by atoms with Gasteiger partial charge in [0.2, 0.25) is 17.7 Å². The zero-order chi connectivity index (χ0) is 20.2. The van der Waals surface area contributed by atoms with Crippen LogP contribution in [0, 0.1) is 0 Å². The van der Waals surface area contributed by atoms with E-state index >= 15 is 0 Å². The van der Waals surface area contributed by atoms with Crippen molar-refractivity contribution in [2.45, 2.75) is 32.1 Å². The summed E-state index contributed by atoms with van der Waals surface area (Å²) in [6.07, 6.45) is 2.07. The van der Waals surface area contributed by atoms with Crippen molar-refractivity contribution in [3.63, 3.8) is 0 Å². The molecule has 0 atom stereocenters. The van der Waals surface area contributed by atoms with Crippen molar-refractivity contribution >= 4 is 45.0 Å². The molecule has 7 heteroatoms. The maximum Gasteiger partial charge on any atom is 0.229 e. The van der Waals surface area contributed by atoms with Gasteiger partial charge in [0.05, 0.1) is 15.2 Å². The second-order valence-electron chi connectivity index (χ2n) is 7.04. The number of benzene rings is 2. The molecule has 148 valence electrons. The van der Waals surface area contributed by atoms with Crippen LogP contribution < -0.4 is 5.32 Å². The highest BCUT2D eigenvalue weighted by molar-refractivity contribution is 7.18. The smallest absolute Gasteiger partial charge is 0.229 e. The fourth-order valence-corrected chi connectivity index (χ4v) is 4.37. The summed E-state index contributed by atoms with van der Waals surface area (Å²) in [7, 11) is 0. The summed E-state index contributed by atoms with van der Waals surface area (Å²) in [5.41, 5.74) is 2.89. The SMILES string of the molecule is O=C(CCCN1C(=O)CCC1=O)Nc1ccc(Cc2nc3ccccc3s2)cc1. The quantitative estimate of drug-likeness (QED) is 0.605. The number of hydrogen-bond donors (Lipinski definition) is 1. The molecule has 0 spiro atoms. The number of carbonyl (C=O) groups is 3. The number of hydrogen-bond acceptors (Lipinski definition) is 5. The van der Waals surface area contributed by atoms with Crippen LogP contribution in [0.2, 0.25) is 0 Å². The van der Waals surface area contributed by atoms with Gasteiger partial charge in [0.15, 0.2) is 0 Å². The van der Waals surface area contributed by atoms with E-state index < -0.39 is 0 Å². The number of para-hydroxylation sites is 1. The van der Waals surface area contributed by atoms with Gasteiger partial charge in [-0.05, 0) is 36.2 Å². The molecule has 29 heavy (non-hydrogen) atoms. The van der Waals surface area contributed by atoms with E-state index in [9.17, 15) is 14.4 Å². The monoisotopic (exact) mass is 407 g/mol. The lowest BCUT2D eigenvalue weighted by molar-refractivity contribution is -0.138. The summed E-state index contributed by atoms with van der Waals surface area (Å²) in [5, 5.41) is 3.93. The van der Waals surface area contributed by atoms with Gasteiger partial charge in [0.1, 0.15) is 0 Å². The molecular formula is C22H21N3O3S. The number of thiazole rings is 1. The molecule has 2 aromatic carbocycles. The molecule has 4 rings (SSSR count). The Kier molecular flexibility index (Phi) is 5.67. The number of carbonyl (C=O) groups excluding carboxylic acids is 3. The lowest BCUT2D eigenvalue weighted by Crippen LogP contribution is -2.30. The molecule has 1 fully saturated rings. The standard InChI is InChI=1S/C22H21N3O3S/c26-19(6-3-13-25-21(27)11-12-22(25)28)23-16-9-7-15(8-10-16)14-20-24-17-4-1-2-5-18(17)29-20/h1-2,4-5,7-10H,3,6,11-14H2,(H,23,26). The molecule has 2 heterocycles. The largest absolute Gasteiger partial charge is 0.326 e. The highest BCUT2D eigenvalue weighted by Crippen LogP contribution is 2.24. The zero-order valence-corrected chi connectivity index (χ0v) is 16.7. The second kappa shape index (κ2) is 8.53. The van der Waals surface area contributed by atoms with Crippen molar-refractivity contribution < 1.29 is 14.4 Å². The molecule has 1 aliphatic rings. The topological polar surface area (TPSA) is 79.4 Å². The number of likely N-dealkylation sites (tertiary alicyclic amines) is 1. The van der Waals surface area contributed by atoms with Gasteiger partial charge < -0.3 is 5.32 Å². The fraction of sp³-hybridized carbons (Fsp3) is 0.273. The molecule has 1 N–H and O–H groups in total. The van der Waals surface area contributed by atoms with Crippen LogP contribution in [0.4, 0.5) is 5.69 Å². The van der Waals surface area contributed by atoms with Crippen LogP contribution >= 0.6 is 11.3 Å². The molecule has 1 saturated heterocycles. The van der Waals surface area contributed by atoms with E-state index in [1.54, 1.807) is 11.3 Å². The van der Waals surface area contributed by atoms with E-state index in [4.69, 9.17) is 0 Å². The van der Waals surface area contributed by atoms with Gasteiger partial charge >= 0.3 is 0 Å². The molecule has 0 unspecified atom stereocenters. The van der Waals surface area contributed by atoms with Gasteiger partial charge in [-0.1, -0.05) is 24.3 Å². The van der Waals surface area contributed by atoms with Crippen LogP contribution in [0.15, 0.2) is 48.5 Å². The molecule has 0 radical (unpaired) electrons. The molecule has 3 aromatic rings. The minimum absolute atomic E-state index is 0.122. The molecule has 3 amide bonds. The Morgan fingerprint density at radius 3 is 2.48 bits per heavy atom. The summed E-state index contributed by atoms with van der Waals surface area (Å²) >= 11 is 1.69. The van der Waals surface area contributed by atoms with Gasteiger partial charge in [-0.25, -0.2) is 4.98 Å². The zero-order valence-electron chi connectivity index (χ0n) is 15.9. The van der Waals surface area contributed by atoms with Crippen LogP contribution in [-0.4, -0.2) is 34.2 Å². The van der Waals surface area contributed by atoms with Gasteiger partial charge in [-0.3, -0.25) is 19.3 Å². The summed E-state index contributed by atoms with van der Waals surface area (Å²) in [6, 6.07) is 15.8. The van der Waals surface area contributed by atoms with Crippen LogP contribution in [0.5, 0.6) is 0 Å². The third-order valence-electron chi connectivity index (χ3n) is 4.87. The number of nitrogens with one attached hydrogen (secondary N) is 1. The van der Waals surface area contributed by atoms with Gasteiger partial charge in [0, 0.05) is 37.9 Å². The van der Waals surface area contributed by atoms with Crippen molar-refractivity contribution in [1.29, 1.82) is 0 Å². The highest BCUT2D eigenvalue weighted by Gasteiger charge is 2.28. The van der Waals surface area contributed by atoms with Crippen molar-refractivity contribution in [3.8, 4) is 0 Å². The van der Waals surface area contributed by atoms with Crippen molar-refractivity contribution in [2.24, 2.45) is 0 Å². The number of imide groups is 1. The predicted octanol–water partition coefficient (Wildman–Crippen LogP) is 3.75. The Bertz CT molecular complexity index is 1010. The minimum Gasteiger partial charge on any atom is -0.326 e. The summed E-state index contributed by atoms with van der Waals surface area (Å²) in [4.78, 5) is 41.2. The Hall–Kier alpha value is -3.06. The molecular weight excluding hydrogens is 386 g/mol. The molecule has 0 aliphatic carbocycles. The van der Waals surface area contributed by atoms with Gasteiger partial charge in [-0.2, -0.15) is 0 Å². The maximum absolute atomic E-state index is 12.1. The summed E-state index contributed by atoms with van der Waals surface area (Å²) < 4.78 is 1.18. The molecule has 6 nitrogen and oxygen atoms in total. The number of rotatable bonds is 7. The third kappa shape index (κ3) is 4.68. The van der Waals surface area contributed by atoms with Crippen molar-refractivity contribution in [2.75, 3.05) is 11.9 Å². The number of nitrogens with zero attached hydrogens (tertiary/aromatic N) is 2.